The van der Waals surface area contributed by atoms with E-state index in [4.69, 9.17) is 19.4 Å². The molecule has 16 heteroatoms. The minimum atomic E-state index is -3.82. The summed E-state index contributed by atoms with van der Waals surface area (Å²) < 4.78 is 41.8. The van der Waals surface area contributed by atoms with Crippen LogP contribution in [0.4, 0.5) is 4.79 Å². The Morgan fingerprint density at radius 3 is 2.52 bits per heavy atom. The second-order valence-electron chi connectivity index (χ2n) is 14.8. The molecule has 3 aromatic rings. The van der Waals surface area contributed by atoms with E-state index in [9.17, 15) is 22.8 Å². The second kappa shape index (κ2) is 15.8. The van der Waals surface area contributed by atoms with Crippen molar-refractivity contribution in [2.75, 3.05) is 27.2 Å². The lowest BCUT2D eigenvalue weighted by atomic mass is 10.1. The van der Waals surface area contributed by atoms with Crippen molar-refractivity contribution in [1.29, 1.82) is 0 Å². The van der Waals surface area contributed by atoms with Crippen molar-refractivity contribution in [3.63, 3.8) is 0 Å². The number of thiazole rings is 1. The van der Waals surface area contributed by atoms with E-state index in [2.05, 4.69) is 52.6 Å². The number of nitrogens with one attached hydrogen (secondary N) is 2. The summed E-state index contributed by atoms with van der Waals surface area (Å²) >= 11 is 3.74. The Balaban J connectivity index is 1.34. The molecule has 13 nitrogen and oxygen atoms in total. The minimum Gasteiger partial charge on any atom is -0.496 e. The van der Waals surface area contributed by atoms with Crippen LogP contribution in [0.2, 0.25) is 0 Å². The maximum Gasteiger partial charge on any atom is 0.324 e. The molecule has 0 bridgehead atoms. The number of benzene rings is 1. The SMILES string of the molecule is COc1ccc2c(O[C@]3(C)C=C(C(=O)NC4(C(=O)NS(=O)(=O)C5CC5)CC4)N(C(=O)N(C)CCCC/C=C\I)C3)cc(-c3csc(C(C)C)n3)nc2c1C. The van der Waals surface area contributed by atoms with Gasteiger partial charge in [-0.05, 0) is 81.1 Å². The standard InChI is InChI=1S/C38H47IN6O7S2/c1-23(2)34-41-28(21-53-34)27-19-31(26-13-14-30(51-6)24(3)32(26)40-27)52-37(4)20-29(45(22-37)36(48)44(5)18-10-8-7-9-17-39)33(46)42-38(15-16-38)35(47)43-54(49,50)25-11-12-25/h9,13-14,17,19-21,23,25H,7-8,10-12,15-16,18,22H2,1-6H3,(H,42,46)(H,43,47)/b17-9-/t37-/m1/s1. The van der Waals surface area contributed by atoms with Crippen molar-refractivity contribution >= 4 is 72.7 Å². The second-order valence-corrected chi connectivity index (χ2v) is 18.4. The molecule has 0 spiro atoms. The number of carbonyl (C=O) groups excluding carboxylic acids is 3. The predicted octanol–water partition coefficient (Wildman–Crippen LogP) is 6.56. The molecule has 2 N–H and O–H groups in total. The van der Waals surface area contributed by atoms with E-state index in [1.165, 1.54) is 4.90 Å². The van der Waals surface area contributed by atoms with Crippen molar-refractivity contribution in [3.05, 3.63) is 56.1 Å². The Hall–Kier alpha value is -3.77. The number of pyridine rings is 1. The highest BCUT2D eigenvalue weighted by Crippen LogP contribution is 2.41. The number of nitrogens with zero attached hydrogens (tertiary/aromatic N) is 4. The van der Waals surface area contributed by atoms with E-state index < -0.39 is 44.3 Å². The van der Waals surface area contributed by atoms with Gasteiger partial charge in [0.1, 0.15) is 28.3 Å². The van der Waals surface area contributed by atoms with Gasteiger partial charge in [-0.1, -0.05) is 42.5 Å². The van der Waals surface area contributed by atoms with Gasteiger partial charge in [0.05, 0.1) is 40.8 Å². The summed E-state index contributed by atoms with van der Waals surface area (Å²) in [6.45, 7) is 8.36. The summed E-state index contributed by atoms with van der Waals surface area (Å²) in [6, 6.07) is 5.15. The summed E-state index contributed by atoms with van der Waals surface area (Å²) in [5.41, 5.74) is 0.218. The summed E-state index contributed by atoms with van der Waals surface area (Å²) in [6.07, 6.45) is 7.76. The fourth-order valence-electron chi connectivity index (χ4n) is 6.45. The van der Waals surface area contributed by atoms with Crippen molar-refractivity contribution in [3.8, 4) is 22.9 Å². The van der Waals surface area contributed by atoms with Crippen molar-refractivity contribution in [2.45, 2.75) is 94.9 Å². The minimum absolute atomic E-state index is 0.00571. The molecule has 3 heterocycles. The first-order chi connectivity index (χ1) is 25.6. The van der Waals surface area contributed by atoms with E-state index in [1.54, 1.807) is 43.4 Å². The molecule has 0 radical (unpaired) electrons. The van der Waals surface area contributed by atoms with Crippen LogP contribution in [0.15, 0.2) is 45.5 Å². The van der Waals surface area contributed by atoms with Crippen LogP contribution in [0.3, 0.4) is 0 Å². The summed E-state index contributed by atoms with van der Waals surface area (Å²) in [7, 11) is -0.520. The van der Waals surface area contributed by atoms with E-state index in [1.807, 2.05) is 34.6 Å². The van der Waals surface area contributed by atoms with Gasteiger partial charge in [-0.15, -0.1) is 11.3 Å². The summed E-state index contributed by atoms with van der Waals surface area (Å²) in [4.78, 5) is 54.3. The number of hydrogen-bond acceptors (Lipinski definition) is 10. The Morgan fingerprint density at radius 2 is 1.89 bits per heavy atom. The number of hydrogen-bond donors (Lipinski definition) is 2. The number of allylic oxidation sites excluding steroid dienone is 1. The van der Waals surface area contributed by atoms with E-state index >= 15 is 0 Å². The van der Waals surface area contributed by atoms with Crippen LogP contribution in [0.5, 0.6) is 11.5 Å². The van der Waals surface area contributed by atoms with Gasteiger partial charge >= 0.3 is 6.03 Å². The molecule has 1 aromatic carbocycles. The van der Waals surface area contributed by atoms with Crippen LogP contribution < -0.4 is 19.5 Å². The number of fused-ring (bicyclic) bond motifs is 1. The van der Waals surface area contributed by atoms with Gasteiger partial charge in [-0.25, -0.2) is 23.2 Å². The van der Waals surface area contributed by atoms with Gasteiger partial charge in [0.15, 0.2) is 0 Å². The van der Waals surface area contributed by atoms with Crippen molar-refractivity contribution < 1.29 is 32.3 Å². The zero-order valence-electron chi connectivity index (χ0n) is 31.4. The number of aryl methyl sites for hydroxylation is 1. The molecule has 2 aliphatic carbocycles. The third kappa shape index (κ3) is 8.54. The number of unbranched alkanes of at least 4 members (excludes halogenated alkanes) is 2. The highest BCUT2D eigenvalue weighted by atomic mass is 127. The molecule has 4 amide bonds. The third-order valence-electron chi connectivity index (χ3n) is 9.92. The topological polar surface area (TPSA) is 160 Å². The van der Waals surface area contributed by atoms with Gasteiger partial charge < -0.3 is 19.7 Å². The van der Waals surface area contributed by atoms with Crippen LogP contribution in [0, 0.1) is 6.92 Å². The molecular formula is C38H47IN6O7S2. The Kier molecular flexibility index (Phi) is 11.7. The molecule has 54 heavy (non-hydrogen) atoms. The number of amides is 4. The number of urea groups is 1. The highest BCUT2D eigenvalue weighted by Gasteiger charge is 2.55. The maximum atomic E-state index is 14.1. The molecule has 6 rings (SSSR count). The van der Waals surface area contributed by atoms with Crippen LogP contribution in [0.25, 0.3) is 22.3 Å². The van der Waals surface area contributed by atoms with Crippen LogP contribution >= 0.6 is 33.9 Å². The first kappa shape index (κ1) is 39.9. The van der Waals surface area contributed by atoms with Gasteiger partial charge in [0.2, 0.25) is 10.0 Å². The third-order valence-corrected chi connectivity index (χ3v) is 13.4. The predicted molar refractivity (Wildman–Crippen MR) is 217 cm³/mol. The van der Waals surface area contributed by atoms with Crippen molar-refractivity contribution in [1.82, 2.24) is 29.8 Å². The van der Waals surface area contributed by atoms with Gasteiger partial charge in [0, 0.05) is 41.9 Å². The quantitative estimate of drug-likeness (QED) is 0.127. The Morgan fingerprint density at radius 1 is 1.15 bits per heavy atom. The molecule has 1 atom stereocenters. The number of ether oxygens (including phenoxy) is 2. The first-order valence-corrected chi connectivity index (χ1v) is 21.8. The number of carbonyl (C=O) groups is 3. The van der Waals surface area contributed by atoms with E-state index in [0.29, 0.717) is 53.2 Å². The number of sulfonamides is 1. The van der Waals surface area contributed by atoms with Gasteiger partial charge in [-0.2, -0.15) is 0 Å². The normalized spacial score (nSPS) is 19.3. The molecule has 2 aromatic heterocycles. The average Bonchev–Trinajstić information content (AvgIpc) is 4.05. The van der Waals surface area contributed by atoms with E-state index in [-0.39, 0.29) is 31.0 Å². The highest BCUT2D eigenvalue weighted by molar-refractivity contribution is 14.1. The Labute approximate surface area is 334 Å². The number of aromatic nitrogens is 2. The molecule has 0 saturated heterocycles. The fraction of sp³-hybridized carbons (Fsp3) is 0.500. The van der Waals surface area contributed by atoms with Crippen LogP contribution in [0.1, 0.15) is 82.2 Å². The maximum absolute atomic E-state index is 14.1. The number of methoxy groups -OCH3 is 1. The lowest BCUT2D eigenvalue weighted by Crippen LogP contribution is -2.53. The summed E-state index contributed by atoms with van der Waals surface area (Å²) in [5.74, 6) is -0.0461. The smallest absolute Gasteiger partial charge is 0.324 e. The van der Waals surface area contributed by atoms with Crippen LogP contribution in [-0.4, -0.2) is 89.7 Å². The number of halogens is 1. The molecule has 2 fully saturated rings. The molecule has 0 unspecified atom stereocenters. The monoisotopic (exact) mass is 890 g/mol. The zero-order valence-corrected chi connectivity index (χ0v) is 35.2. The largest absolute Gasteiger partial charge is 0.496 e. The fourth-order valence-corrected chi connectivity index (χ4v) is 9.02. The van der Waals surface area contributed by atoms with E-state index in [0.717, 1.165) is 29.8 Å². The number of rotatable bonds is 15. The molecular weight excluding hydrogens is 843 g/mol. The van der Waals surface area contributed by atoms with Gasteiger partial charge in [0.25, 0.3) is 11.8 Å². The average molecular weight is 891 g/mol. The molecule has 1 aliphatic heterocycles. The molecule has 3 aliphatic rings. The lowest BCUT2D eigenvalue weighted by molar-refractivity contribution is -0.127. The van der Waals surface area contributed by atoms with Gasteiger partial charge in [-0.3, -0.25) is 19.2 Å². The Bertz CT molecular complexity index is 2130. The summed E-state index contributed by atoms with van der Waals surface area (Å²) in [5, 5.41) is 5.85. The van der Waals surface area contributed by atoms with Crippen molar-refractivity contribution in [2.24, 2.45) is 0 Å². The first-order valence-electron chi connectivity index (χ1n) is 18.1. The molecule has 2 saturated carbocycles. The molecule has 290 valence electrons. The zero-order chi connectivity index (χ0) is 39.0. The lowest BCUT2D eigenvalue weighted by Gasteiger charge is -2.30. The van der Waals surface area contributed by atoms with Crippen LogP contribution in [-0.2, 0) is 19.6 Å².